The molecule has 0 radical (unpaired) electrons. The molecule has 0 saturated carbocycles. The summed E-state index contributed by atoms with van der Waals surface area (Å²) < 4.78 is 0. The van der Waals surface area contributed by atoms with E-state index in [0.29, 0.717) is 30.5 Å². The van der Waals surface area contributed by atoms with E-state index < -0.39 is 6.04 Å². The van der Waals surface area contributed by atoms with Crippen molar-refractivity contribution in [2.24, 2.45) is 5.92 Å². The monoisotopic (exact) mass is 400 g/mol. The van der Waals surface area contributed by atoms with E-state index in [1.54, 1.807) is 11.0 Å². The van der Waals surface area contributed by atoms with Gasteiger partial charge in [-0.3, -0.25) is 9.59 Å². The first-order valence-electron chi connectivity index (χ1n) is 9.76. The second kappa shape index (κ2) is 10.9. The Kier molecular flexibility index (Phi) is 8.52. The summed E-state index contributed by atoms with van der Waals surface area (Å²) in [5, 5.41) is 3.56. The maximum absolute atomic E-state index is 13.2. The molecule has 0 saturated heterocycles. The molecule has 1 atom stereocenters. The van der Waals surface area contributed by atoms with Crippen LogP contribution < -0.4 is 5.32 Å². The SMILES string of the molecule is CC[C@H](C(=O)NCC(C)C)N(Cc1ccccc1Cl)C(=O)Cc1ccccc1. The Morgan fingerprint density at radius 2 is 1.68 bits per heavy atom. The fourth-order valence-electron chi connectivity index (χ4n) is 3.02. The minimum atomic E-state index is -0.536. The molecule has 0 aliphatic rings. The van der Waals surface area contributed by atoms with Crippen molar-refractivity contribution in [2.75, 3.05) is 6.54 Å². The zero-order chi connectivity index (χ0) is 20.5. The Hall–Kier alpha value is -2.33. The van der Waals surface area contributed by atoms with Gasteiger partial charge in [0.25, 0.3) is 0 Å². The van der Waals surface area contributed by atoms with Gasteiger partial charge in [-0.25, -0.2) is 0 Å². The number of nitrogens with zero attached hydrogens (tertiary/aromatic N) is 1. The van der Waals surface area contributed by atoms with E-state index in [1.165, 1.54) is 0 Å². The second-order valence-corrected chi connectivity index (χ2v) is 7.75. The summed E-state index contributed by atoms with van der Waals surface area (Å²) in [7, 11) is 0. The van der Waals surface area contributed by atoms with E-state index in [2.05, 4.69) is 5.32 Å². The predicted molar refractivity (Wildman–Crippen MR) is 114 cm³/mol. The topological polar surface area (TPSA) is 49.4 Å². The average Bonchev–Trinajstić information content (AvgIpc) is 2.68. The summed E-state index contributed by atoms with van der Waals surface area (Å²) in [6, 6.07) is 16.5. The van der Waals surface area contributed by atoms with Crippen molar-refractivity contribution < 1.29 is 9.59 Å². The molecule has 5 heteroatoms. The third kappa shape index (κ3) is 6.38. The molecule has 0 fully saturated rings. The first kappa shape index (κ1) is 22.0. The Bertz CT molecular complexity index is 777. The fraction of sp³-hybridized carbons (Fsp3) is 0.391. The van der Waals surface area contributed by atoms with E-state index in [4.69, 9.17) is 11.6 Å². The van der Waals surface area contributed by atoms with Crippen LogP contribution in [-0.2, 0) is 22.6 Å². The molecule has 0 spiro atoms. The Morgan fingerprint density at radius 3 is 2.29 bits per heavy atom. The Balaban J connectivity index is 2.26. The van der Waals surface area contributed by atoms with Crippen LogP contribution >= 0.6 is 11.6 Å². The Morgan fingerprint density at radius 1 is 1.04 bits per heavy atom. The van der Waals surface area contributed by atoms with Gasteiger partial charge in [0.2, 0.25) is 11.8 Å². The van der Waals surface area contributed by atoms with Crippen LogP contribution in [0.5, 0.6) is 0 Å². The Labute approximate surface area is 172 Å². The van der Waals surface area contributed by atoms with Crippen LogP contribution in [0.15, 0.2) is 54.6 Å². The molecule has 1 N–H and O–H groups in total. The van der Waals surface area contributed by atoms with Gasteiger partial charge < -0.3 is 10.2 Å². The van der Waals surface area contributed by atoms with Gasteiger partial charge in [0.1, 0.15) is 6.04 Å². The lowest BCUT2D eigenvalue weighted by Crippen LogP contribution is -2.50. The number of hydrogen-bond donors (Lipinski definition) is 1. The molecule has 0 unspecified atom stereocenters. The van der Waals surface area contributed by atoms with Crippen molar-refractivity contribution in [1.29, 1.82) is 0 Å². The summed E-state index contributed by atoms with van der Waals surface area (Å²) in [6.07, 6.45) is 0.786. The lowest BCUT2D eigenvalue weighted by atomic mass is 10.1. The standard InChI is InChI=1S/C23H29ClN2O2/c1-4-21(23(28)25-15-17(2)3)26(16-19-12-8-9-13-20(19)24)22(27)14-18-10-6-5-7-11-18/h5-13,17,21H,4,14-16H2,1-3H3,(H,25,28)/t21-/m1/s1. The molecule has 2 rings (SSSR count). The van der Waals surface area contributed by atoms with Gasteiger partial charge in [-0.15, -0.1) is 0 Å². The van der Waals surface area contributed by atoms with Crippen molar-refractivity contribution in [1.82, 2.24) is 10.2 Å². The van der Waals surface area contributed by atoms with Gasteiger partial charge in [-0.05, 0) is 29.5 Å². The van der Waals surface area contributed by atoms with E-state index in [-0.39, 0.29) is 18.2 Å². The minimum absolute atomic E-state index is 0.0855. The van der Waals surface area contributed by atoms with E-state index in [0.717, 1.165) is 11.1 Å². The highest BCUT2D eigenvalue weighted by Crippen LogP contribution is 2.20. The average molecular weight is 401 g/mol. The van der Waals surface area contributed by atoms with Crippen LogP contribution in [0.25, 0.3) is 0 Å². The number of amides is 2. The van der Waals surface area contributed by atoms with Crippen LogP contribution in [0.4, 0.5) is 0 Å². The number of benzene rings is 2. The van der Waals surface area contributed by atoms with Crippen molar-refractivity contribution >= 4 is 23.4 Å². The number of halogens is 1. The molecular formula is C23H29ClN2O2. The van der Waals surface area contributed by atoms with Crippen LogP contribution in [-0.4, -0.2) is 29.3 Å². The van der Waals surface area contributed by atoms with Gasteiger partial charge in [0.15, 0.2) is 0 Å². The highest BCUT2D eigenvalue weighted by atomic mass is 35.5. The zero-order valence-electron chi connectivity index (χ0n) is 16.8. The minimum Gasteiger partial charge on any atom is -0.354 e. The van der Waals surface area contributed by atoms with Crippen LogP contribution in [0, 0.1) is 5.92 Å². The molecule has 0 heterocycles. The number of nitrogens with one attached hydrogen (secondary N) is 1. The summed E-state index contributed by atoms with van der Waals surface area (Å²) in [6.45, 7) is 6.91. The van der Waals surface area contributed by atoms with Gasteiger partial charge >= 0.3 is 0 Å². The molecule has 0 aliphatic carbocycles. The molecule has 0 aromatic heterocycles. The largest absolute Gasteiger partial charge is 0.354 e. The molecular weight excluding hydrogens is 372 g/mol. The number of carbonyl (C=O) groups is 2. The fourth-order valence-corrected chi connectivity index (χ4v) is 3.22. The predicted octanol–water partition coefficient (Wildman–Crippen LogP) is 4.46. The number of carbonyl (C=O) groups excluding carboxylic acids is 2. The molecule has 0 aliphatic heterocycles. The molecule has 2 aromatic rings. The summed E-state index contributed by atoms with van der Waals surface area (Å²) >= 11 is 6.32. The van der Waals surface area contributed by atoms with Crippen LogP contribution in [0.1, 0.15) is 38.3 Å². The maximum atomic E-state index is 13.2. The molecule has 150 valence electrons. The maximum Gasteiger partial charge on any atom is 0.242 e. The van der Waals surface area contributed by atoms with E-state index in [9.17, 15) is 9.59 Å². The van der Waals surface area contributed by atoms with Gasteiger partial charge in [0, 0.05) is 18.1 Å². The zero-order valence-corrected chi connectivity index (χ0v) is 17.6. The highest BCUT2D eigenvalue weighted by Gasteiger charge is 2.29. The van der Waals surface area contributed by atoms with Crippen LogP contribution in [0.3, 0.4) is 0 Å². The summed E-state index contributed by atoms with van der Waals surface area (Å²) in [5.74, 6) is 0.140. The third-order valence-electron chi connectivity index (χ3n) is 4.57. The first-order chi connectivity index (χ1) is 13.4. The van der Waals surface area contributed by atoms with Gasteiger partial charge in [0.05, 0.1) is 6.42 Å². The molecule has 28 heavy (non-hydrogen) atoms. The van der Waals surface area contributed by atoms with Crippen LogP contribution in [0.2, 0.25) is 5.02 Å². The van der Waals surface area contributed by atoms with Gasteiger partial charge in [-0.1, -0.05) is 80.9 Å². The highest BCUT2D eigenvalue weighted by molar-refractivity contribution is 6.31. The molecule has 4 nitrogen and oxygen atoms in total. The van der Waals surface area contributed by atoms with Crippen molar-refractivity contribution in [3.8, 4) is 0 Å². The van der Waals surface area contributed by atoms with E-state index >= 15 is 0 Å². The molecule has 2 amide bonds. The summed E-state index contributed by atoms with van der Waals surface area (Å²) in [4.78, 5) is 27.6. The number of rotatable bonds is 9. The lowest BCUT2D eigenvalue weighted by Gasteiger charge is -2.31. The van der Waals surface area contributed by atoms with E-state index in [1.807, 2.05) is 69.3 Å². The lowest BCUT2D eigenvalue weighted by molar-refractivity contribution is -0.141. The normalized spacial score (nSPS) is 11.9. The third-order valence-corrected chi connectivity index (χ3v) is 4.94. The van der Waals surface area contributed by atoms with Crippen molar-refractivity contribution in [2.45, 2.75) is 46.2 Å². The smallest absolute Gasteiger partial charge is 0.242 e. The molecule has 0 bridgehead atoms. The molecule has 2 aromatic carbocycles. The van der Waals surface area contributed by atoms with Crippen molar-refractivity contribution in [3.63, 3.8) is 0 Å². The second-order valence-electron chi connectivity index (χ2n) is 7.34. The van der Waals surface area contributed by atoms with Crippen molar-refractivity contribution in [3.05, 3.63) is 70.7 Å². The quantitative estimate of drug-likeness (QED) is 0.675. The van der Waals surface area contributed by atoms with Gasteiger partial charge in [-0.2, -0.15) is 0 Å². The number of hydrogen-bond acceptors (Lipinski definition) is 2. The first-order valence-corrected chi connectivity index (χ1v) is 10.1. The summed E-state index contributed by atoms with van der Waals surface area (Å²) in [5.41, 5.74) is 1.76.